The van der Waals surface area contributed by atoms with Gasteiger partial charge in [0.15, 0.2) is 0 Å². The highest BCUT2D eigenvalue weighted by atomic mass is 16.3. The van der Waals surface area contributed by atoms with Gasteiger partial charge in [-0.3, -0.25) is 0 Å². The highest BCUT2D eigenvalue weighted by Crippen LogP contribution is 2.15. The van der Waals surface area contributed by atoms with Crippen molar-refractivity contribution in [1.29, 1.82) is 0 Å². The first-order chi connectivity index (χ1) is 6.97. The van der Waals surface area contributed by atoms with Crippen molar-refractivity contribution < 1.29 is 5.11 Å². The van der Waals surface area contributed by atoms with Crippen LogP contribution < -0.4 is 5.32 Å². The van der Waals surface area contributed by atoms with E-state index in [1.165, 1.54) is 6.42 Å². The molecule has 0 rings (SSSR count). The largest absolute Gasteiger partial charge is 0.396 e. The maximum atomic E-state index is 9.00. The Morgan fingerprint density at radius 1 is 1.07 bits per heavy atom. The van der Waals surface area contributed by atoms with Gasteiger partial charge in [-0.25, -0.2) is 0 Å². The highest BCUT2D eigenvalue weighted by molar-refractivity contribution is 4.69. The molecular formula is C13H29NO. The number of rotatable bonds is 8. The summed E-state index contributed by atoms with van der Waals surface area (Å²) in [6.45, 7) is 12.6. The normalized spacial score (nSPS) is 16.0. The Balaban J connectivity index is 3.84. The van der Waals surface area contributed by atoms with E-state index in [2.05, 4.69) is 39.9 Å². The van der Waals surface area contributed by atoms with Crippen LogP contribution in [0, 0.1) is 17.8 Å². The molecule has 0 saturated carbocycles. The smallest absolute Gasteiger partial charge is 0.0434 e. The number of aliphatic hydroxyl groups is 1. The predicted molar refractivity (Wildman–Crippen MR) is 67.0 cm³/mol. The molecule has 0 amide bonds. The van der Waals surface area contributed by atoms with Crippen LogP contribution in [0.1, 0.15) is 47.5 Å². The minimum Gasteiger partial charge on any atom is -0.396 e. The van der Waals surface area contributed by atoms with Gasteiger partial charge in [0.05, 0.1) is 0 Å². The Bertz CT molecular complexity index is 145. The molecule has 2 nitrogen and oxygen atoms in total. The fraction of sp³-hybridized carbons (Fsp3) is 1.00. The van der Waals surface area contributed by atoms with Crippen LogP contribution in [-0.4, -0.2) is 24.3 Å². The van der Waals surface area contributed by atoms with Gasteiger partial charge in [-0.2, -0.15) is 0 Å². The Morgan fingerprint density at radius 3 is 2.07 bits per heavy atom. The van der Waals surface area contributed by atoms with E-state index < -0.39 is 0 Å². The minimum absolute atomic E-state index is 0.315. The number of nitrogens with one attached hydrogen (secondary N) is 1. The lowest BCUT2D eigenvalue weighted by Crippen LogP contribution is -2.35. The van der Waals surface area contributed by atoms with Crippen LogP contribution >= 0.6 is 0 Å². The molecule has 0 heterocycles. The molecule has 15 heavy (non-hydrogen) atoms. The van der Waals surface area contributed by atoms with Crippen LogP contribution in [-0.2, 0) is 0 Å². The van der Waals surface area contributed by atoms with E-state index in [0.29, 0.717) is 24.5 Å². The average Bonchev–Trinajstić information content (AvgIpc) is 2.13. The second-order valence-corrected chi connectivity index (χ2v) is 5.45. The Kier molecular flexibility index (Phi) is 8.07. The lowest BCUT2D eigenvalue weighted by molar-refractivity contribution is 0.233. The van der Waals surface area contributed by atoms with E-state index in [1.54, 1.807) is 0 Å². The van der Waals surface area contributed by atoms with E-state index in [9.17, 15) is 0 Å². The van der Waals surface area contributed by atoms with Gasteiger partial charge in [-0.05, 0) is 44.1 Å². The molecular weight excluding hydrogens is 186 g/mol. The van der Waals surface area contributed by atoms with Crippen LogP contribution in [0.4, 0.5) is 0 Å². The average molecular weight is 215 g/mol. The first-order valence-electron chi connectivity index (χ1n) is 6.31. The second-order valence-electron chi connectivity index (χ2n) is 5.45. The van der Waals surface area contributed by atoms with Gasteiger partial charge < -0.3 is 10.4 Å². The third-order valence-electron chi connectivity index (χ3n) is 3.07. The van der Waals surface area contributed by atoms with E-state index in [0.717, 1.165) is 18.9 Å². The molecule has 0 radical (unpaired) electrons. The Morgan fingerprint density at radius 2 is 1.67 bits per heavy atom. The molecule has 2 unspecified atom stereocenters. The zero-order valence-corrected chi connectivity index (χ0v) is 11.1. The van der Waals surface area contributed by atoms with E-state index >= 15 is 0 Å². The molecule has 0 aromatic carbocycles. The summed E-state index contributed by atoms with van der Waals surface area (Å²) in [5, 5.41) is 12.6. The first kappa shape index (κ1) is 14.9. The highest BCUT2D eigenvalue weighted by Gasteiger charge is 2.13. The standard InChI is InChI=1S/C13H29NO/c1-10(2)8-13(6-7-15)9-14-12(5)11(3)4/h10-15H,6-9H2,1-5H3. The minimum atomic E-state index is 0.315. The summed E-state index contributed by atoms with van der Waals surface area (Å²) >= 11 is 0. The van der Waals surface area contributed by atoms with Crippen molar-refractivity contribution >= 4 is 0 Å². The maximum absolute atomic E-state index is 9.00. The summed E-state index contributed by atoms with van der Waals surface area (Å²) in [6, 6.07) is 0.568. The molecule has 0 aliphatic rings. The van der Waals surface area contributed by atoms with Crippen LogP contribution in [0.15, 0.2) is 0 Å². The summed E-state index contributed by atoms with van der Waals surface area (Å²) in [4.78, 5) is 0. The molecule has 0 fully saturated rings. The molecule has 2 N–H and O–H groups in total. The van der Waals surface area contributed by atoms with Crippen molar-refractivity contribution in [1.82, 2.24) is 5.32 Å². The quantitative estimate of drug-likeness (QED) is 0.652. The van der Waals surface area contributed by atoms with Gasteiger partial charge in [0, 0.05) is 12.6 Å². The number of aliphatic hydroxyl groups excluding tert-OH is 1. The lowest BCUT2D eigenvalue weighted by atomic mass is 9.93. The van der Waals surface area contributed by atoms with Gasteiger partial charge in [0.2, 0.25) is 0 Å². The molecule has 0 spiro atoms. The van der Waals surface area contributed by atoms with Gasteiger partial charge in [0.1, 0.15) is 0 Å². The summed E-state index contributed by atoms with van der Waals surface area (Å²) < 4.78 is 0. The van der Waals surface area contributed by atoms with Gasteiger partial charge in [-0.1, -0.05) is 27.7 Å². The number of hydrogen-bond acceptors (Lipinski definition) is 2. The Labute approximate surface area is 95.5 Å². The summed E-state index contributed by atoms with van der Waals surface area (Å²) in [7, 11) is 0. The zero-order chi connectivity index (χ0) is 11.8. The van der Waals surface area contributed by atoms with Crippen LogP contribution in [0.25, 0.3) is 0 Å². The van der Waals surface area contributed by atoms with Crippen molar-refractivity contribution in [3.63, 3.8) is 0 Å². The second kappa shape index (κ2) is 8.12. The number of hydrogen-bond donors (Lipinski definition) is 2. The van der Waals surface area contributed by atoms with Gasteiger partial charge >= 0.3 is 0 Å². The summed E-state index contributed by atoms with van der Waals surface area (Å²) in [5.74, 6) is 2.02. The molecule has 0 aliphatic carbocycles. The molecule has 2 atom stereocenters. The van der Waals surface area contributed by atoms with Crippen molar-refractivity contribution in [3.05, 3.63) is 0 Å². The third kappa shape index (κ3) is 7.80. The van der Waals surface area contributed by atoms with Gasteiger partial charge in [-0.15, -0.1) is 0 Å². The van der Waals surface area contributed by atoms with Crippen molar-refractivity contribution in [2.24, 2.45) is 17.8 Å². The van der Waals surface area contributed by atoms with Crippen LogP contribution in [0.2, 0.25) is 0 Å². The molecule has 0 bridgehead atoms. The molecule has 2 heteroatoms. The van der Waals surface area contributed by atoms with Crippen molar-refractivity contribution in [2.45, 2.75) is 53.5 Å². The fourth-order valence-electron chi connectivity index (χ4n) is 1.74. The Hall–Kier alpha value is -0.0800. The molecule has 0 aromatic heterocycles. The lowest BCUT2D eigenvalue weighted by Gasteiger charge is -2.23. The first-order valence-corrected chi connectivity index (χ1v) is 6.31. The molecule has 0 saturated heterocycles. The van der Waals surface area contributed by atoms with Crippen LogP contribution in [0.3, 0.4) is 0 Å². The monoisotopic (exact) mass is 215 g/mol. The molecule has 0 aliphatic heterocycles. The van der Waals surface area contributed by atoms with Crippen molar-refractivity contribution in [3.8, 4) is 0 Å². The van der Waals surface area contributed by atoms with E-state index in [-0.39, 0.29) is 0 Å². The zero-order valence-electron chi connectivity index (χ0n) is 11.1. The maximum Gasteiger partial charge on any atom is 0.0434 e. The van der Waals surface area contributed by atoms with Crippen molar-refractivity contribution in [2.75, 3.05) is 13.2 Å². The SMILES string of the molecule is CC(C)CC(CCO)CNC(C)C(C)C. The van der Waals surface area contributed by atoms with E-state index in [1.807, 2.05) is 0 Å². The third-order valence-corrected chi connectivity index (χ3v) is 3.07. The summed E-state index contributed by atoms with van der Waals surface area (Å²) in [5.41, 5.74) is 0. The predicted octanol–water partition coefficient (Wildman–Crippen LogP) is 2.67. The van der Waals surface area contributed by atoms with E-state index in [4.69, 9.17) is 5.11 Å². The molecule has 92 valence electrons. The summed E-state index contributed by atoms with van der Waals surface area (Å²) in [6.07, 6.45) is 2.13. The molecule has 0 aromatic rings. The van der Waals surface area contributed by atoms with Crippen LogP contribution in [0.5, 0.6) is 0 Å². The fourth-order valence-corrected chi connectivity index (χ4v) is 1.74. The topological polar surface area (TPSA) is 32.3 Å². The van der Waals surface area contributed by atoms with Gasteiger partial charge in [0.25, 0.3) is 0 Å².